The van der Waals surface area contributed by atoms with Crippen LogP contribution in [0.4, 0.5) is 4.39 Å². The second-order valence-electron chi connectivity index (χ2n) is 10.3. The average molecular weight is 530 g/mol. The van der Waals surface area contributed by atoms with Gasteiger partial charge in [0.2, 0.25) is 0 Å². The summed E-state index contributed by atoms with van der Waals surface area (Å²) in [6.45, 7) is 2.90. The zero-order valence-electron chi connectivity index (χ0n) is 21.9. The Morgan fingerprint density at radius 3 is 2.50 bits per heavy atom. The number of H-pyrrole nitrogens is 1. The van der Waals surface area contributed by atoms with Crippen LogP contribution in [-0.4, -0.2) is 47.5 Å². The summed E-state index contributed by atoms with van der Waals surface area (Å²) in [5.74, 6) is 1.72. The van der Waals surface area contributed by atoms with Crippen LogP contribution < -0.4 is 0 Å². The molecule has 1 aliphatic heterocycles. The Balaban J connectivity index is 1.05. The van der Waals surface area contributed by atoms with Crippen LogP contribution in [0.5, 0.6) is 0 Å². The highest BCUT2D eigenvalue weighted by Crippen LogP contribution is 2.34. The summed E-state index contributed by atoms with van der Waals surface area (Å²) in [6.07, 6.45) is 5.81. The number of likely N-dealkylation sites (tertiary alicyclic amines) is 1. The zero-order valence-corrected chi connectivity index (χ0v) is 21.9. The van der Waals surface area contributed by atoms with Gasteiger partial charge in [0, 0.05) is 36.0 Å². The monoisotopic (exact) mass is 529 g/mol. The predicted molar refractivity (Wildman–Crippen MR) is 153 cm³/mol. The molecule has 0 aliphatic carbocycles. The third-order valence-electron chi connectivity index (χ3n) is 7.63. The molecule has 0 radical (unpaired) electrons. The number of hydrogen-bond acceptors (Lipinski definition) is 5. The van der Waals surface area contributed by atoms with Crippen LogP contribution in [0.1, 0.15) is 30.1 Å². The summed E-state index contributed by atoms with van der Waals surface area (Å²) in [5, 5.41) is 7.53. The number of aromatic nitrogens is 6. The Morgan fingerprint density at radius 1 is 0.850 bits per heavy atom. The van der Waals surface area contributed by atoms with Gasteiger partial charge < -0.3 is 0 Å². The van der Waals surface area contributed by atoms with Gasteiger partial charge in [0.1, 0.15) is 23.0 Å². The van der Waals surface area contributed by atoms with Crippen molar-refractivity contribution >= 4 is 5.65 Å². The fourth-order valence-electron chi connectivity index (χ4n) is 5.57. The first-order chi connectivity index (χ1) is 19.7. The molecule has 0 spiro atoms. The van der Waals surface area contributed by atoms with Gasteiger partial charge in [-0.15, -0.1) is 0 Å². The first kappa shape index (κ1) is 24.4. The molecule has 4 aromatic heterocycles. The Hall–Kier alpha value is -4.69. The van der Waals surface area contributed by atoms with Gasteiger partial charge in [0.15, 0.2) is 5.82 Å². The molecule has 0 atom stereocenters. The fraction of sp³-hybridized carbons (Fsp3) is 0.188. The number of aromatic amines is 1. The third-order valence-corrected chi connectivity index (χ3v) is 7.63. The van der Waals surface area contributed by atoms with E-state index in [1.807, 2.05) is 53.1 Å². The number of imidazole rings is 1. The molecule has 1 N–H and O–H groups in total. The molecule has 0 amide bonds. The number of pyridine rings is 2. The maximum absolute atomic E-state index is 14.1. The van der Waals surface area contributed by atoms with Crippen molar-refractivity contribution in [1.82, 2.24) is 34.4 Å². The van der Waals surface area contributed by atoms with Crippen LogP contribution in [0.2, 0.25) is 0 Å². The van der Waals surface area contributed by atoms with Crippen molar-refractivity contribution in [1.29, 1.82) is 0 Å². The van der Waals surface area contributed by atoms with Gasteiger partial charge in [-0.2, -0.15) is 5.10 Å². The van der Waals surface area contributed by atoms with E-state index in [1.54, 1.807) is 18.3 Å². The van der Waals surface area contributed by atoms with E-state index in [4.69, 9.17) is 9.97 Å². The van der Waals surface area contributed by atoms with Crippen molar-refractivity contribution in [3.05, 3.63) is 115 Å². The summed E-state index contributed by atoms with van der Waals surface area (Å²) in [6, 6.07) is 27.0. The van der Waals surface area contributed by atoms with Crippen LogP contribution in [-0.2, 0) is 6.54 Å². The molecule has 7 nitrogen and oxygen atoms in total. The molecular weight excluding hydrogens is 501 g/mol. The van der Waals surface area contributed by atoms with Crippen molar-refractivity contribution in [2.45, 2.75) is 25.3 Å². The molecule has 0 saturated carbocycles. The third kappa shape index (κ3) is 4.78. The molecule has 1 fully saturated rings. The summed E-state index contributed by atoms with van der Waals surface area (Å²) < 4.78 is 16.1. The van der Waals surface area contributed by atoms with E-state index in [9.17, 15) is 4.39 Å². The van der Waals surface area contributed by atoms with E-state index in [0.717, 1.165) is 72.2 Å². The average Bonchev–Trinajstić information content (AvgIpc) is 3.64. The Labute approximate surface area is 231 Å². The maximum Gasteiger partial charge on any atom is 0.199 e. The highest BCUT2D eigenvalue weighted by molar-refractivity contribution is 5.82. The van der Waals surface area contributed by atoms with E-state index < -0.39 is 0 Å². The highest BCUT2D eigenvalue weighted by Gasteiger charge is 2.24. The number of benzene rings is 2. The first-order valence-corrected chi connectivity index (χ1v) is 13.6. The number of piperidine rings is 1. The van der Waals surface area contributed by atoms with Crippen LogP contribution in [0, 0.1) is 5.82 Å². The predicted octanol–water partition coefficient (Wildman–Crippen LogP) is 6.37. The normalized spacial score (nSPS) is 14.6. The molecule has 8 heteroatoms. The summed E-state index contributed by atoms with van der Waals surface area (Å²) in [7, 11) is 0. The van der Waals surface area contributed by atoms with Crippen LogP contribution in [0.15, 0.2) is 97.3 Å². The lowest BCUT2D eigenvalue weighted by Gasteiger charge is -2.30. The molecule has 0 unspecified atom stereocenters. The summed E-state index contributed by atoms with van der Waals surface area (Å²) in [5.41, 5.74) is 6.44. The quantitative estimate of drug-likeness (QED) is 0.272. The second-order valence-corrected chi connectivity index (χ2v) is 10.3. The van der Waals surface area contributed by atoms with Crippen molar-refractivity contribution in [2.75, 3.05) is 13.1 Å². The number of halogens is 1. The molecule has 2 aromatic carbocycles. The minimum absolute atomic E-state index is 0.259. The van der Waals surface area contributed by atoms with E-state index >= 15 is 0 Å². The summed E-state index contributed by atoms with van der Waals surface area (Å²) in [4.78, 5) is 16.5. The lowest BCUT2D eigenvalue weighted by atomic mass is 9.95. The topological polar surface area (TPSA) is 75.0 Å². The van der Waals surface area contributed by atoms with Crippen molar-refractivity contribution < 1.29 is 4.39 Å². The van der Waals surface area contributed by atoms with E-state index in [1.165, 1.54) is 11.6 Å². The highest BCUT2D eigenvalue weighted by atomic mass is 19.1. The number of nitrogens with one attached hydrogen (secondary N) is 1. The van der Waals surface area contributed by atoms with Gasteiger partial charge >= 0.3 is 0 Å². The number of rotatable bonds is 6. The first-order valence-electron chi connectivity index (χ1n) is 13.6. The fourth-order valence-corrected chi connectivity index (χ4v) is 5.57. The standard InChI is InChI=1S/C32H28FN7/c33-26-7-5-6-25(20-26)30-29(35-28-9-2-4-17-40(28)30)23-12-10-22(11-13-23)21-39-18-14-24(15-19-39)31-36-32(38-37-31)27-8-1-3-16-34-27/h1-13,16-17,20,24H,14-15,18-19,21H2,(H,36,37,38). The minimum Gasteiger partial charge on any atom is -0.299 e. The number of hydrogen-bond donors (Lipinski definition) is 1. The lowest BCUT2D eigenvalue weighted by molar-refractivity contribution is 0.202. The molecule has 7 rings (SSSR count). The van der Waals surface area contributed by atoms with Gasteiger partial charge in [0.05, 0.1) is 11.4 Å². The molecule has 5 heterocycles. The Morgan fingerprint density at radius 2 is 1.70 bits per heavy atom. The van der Waals surface area contributed by atoms with Crippen LogP contribution in [0.25, 0.3) is 39.7 Å². The van der Waals surface area contributed by atoms with E-state index in [2.05, 4.69) is 44.3 Å². The van der Waals surface area contributed by atoms with Crippen LogP contribution in [0.3, 0.4) is 0 Å². The van der Waals surface area contributed by atoms with Gasteiger partial charge in [-0.25, -0.2) is 14.4 Å². The molecule has 198 valence electrons. The van der Waals surface area contributed by atoms with Gasteiger partial charge in [-0.3, -0.25) is 19.4 Å². The Kier molecular flexibility index (Phi) is 6.37. The van der Waals surface area contributed by atoms with Gasteiger partial charge in [-0.1, -0.05) is 48.5 Å². The molecule has 40 heavy (non-hydrogen) atoms. The van der Waals surface area contributed by atoms with Crippen LogP contribution >= 0.6 is 0 Å². The lowest BCUT2D eigenvalue weighted by Crippen LogP contribution is -2.32. The van der Waals surface area contributed by atoms with Gasteiger partial charge in [-0.05, 0) is 67.9 Å². The van der Waals surface area contributed by atoms with E-state index in [0.29, 0.717) is 11.7 Å². The van der Waals surface area contributed by atoms with E-state index in [-0.39, 0.29) is 5.82 Å². The molecule has 1 saturated heterocycles. The largest absolute Gasteiger partial charge is 0.299 e. The minimum atomic E-state index is -0.259. The number of fused-ring (bicyclic) bond motifs is 1. The second kappa shape index (κ2) is 10.5. The van der Waals surface area contributed by atoms with Gasteiger partial charge in [0.25, 0.3) is 0 Å². The van der Waals surface area contributed by atoms with Crippen molar-refractivity contribution in [2.24, 2.45) is 0 Å². The van der Waals surface area contributed by atoms with Crippen molar-refractivity contribution in [3.63, 3.8) is 0 Å². The molecule has 0 bridgehead atoms. The molecule has 1 aliphatic rings. The molecule has 6 aromatic rings. The zero-order chi connectivity index (χ0) is 26.9. The number of nitrogens with zero attached hydrogens (tertiary/aromatic N) is 6. The Bertz CT molecular complexity index is 1750. The smallest absolute Gasteiger partial charge is 0.199 e. The maximum atomic E-state index is 14.1. The summed E-state index contributed by atoms with van der Waals surface area (Å²) >= 11 is 0. The molecular formula is C32H28FN7. The van der Waals surface area contributed by atoms with Crippen molar-refractivity contribution in [3.8, 4) is 34.0 Å². The SMILES string of the molecule is Fc1cccc(-c2c(-c3ccc(CN4CCC(c5nc(-c6ccccn6)n[nH]5)CC4)cc3)nc3ccccn23)c1.